The topological polar surface area (TPSA) is 90.7 Å². The summed E-state index contributed by atoms with van der Waals surface area (Å²) in [6.07, 6.45) is 2.90. The molecular weight excluding hydrogens is 408 g/mol. The van der Waals surface area contributed by atoms with Gasteiger partial charge in [0.15, 0.2) is 6.61 Å². The summed E-state index contributed by atoms with van der Waals surface area (Å²) in [5.41, 5.74) is 4.22. The summed E-state index contributed by atoms with van der Waals surface area (Å²) in [6, 6.07) is 14.8. The van der Waals surface area contributed by atoms with E-state index in [1.54, 1.807) is 24.3 Å². The first-order valence-corrected chi connectivity index (χ1v) is 10.7. The van der Waals surface area contributed by atoms with Crippen LogP contribution in [-0.4, -0.2) is 23.6 Å². The molecular formula is C25H26N2O5. The summed E-state index contributed by atoms with van der Waals surface area (Å²) in [4.78, 5) is 25.1. The molecule has 0 spiro atoms. The van der Waals surface area contributed by atoms with E-state index < -0.39 is 5.97 Å². The summed E-state index contributed by atoms with van der Waals surface area (Å²) in [6.45, 7) is 3.50. The molecule has 0 saturated heterocycles. The van der Waals surface area contributed by atoms with Gasteiger partial charge in [0.05, 0.1) is 17.3 Å². The molecule has 1 aromatic heterocycles. The predicted molar refractivity (Wildman–Crippen MR) is 117 cm³/mol. The van der Waals surface area contributed by atoms with Gasteiger partial charge in [0.25, 0.3) is 5.91 Å². The zero-order valence-electron chi connectivity index (χ0n) is 18.2. The lowest BCUT2D eigenvalue weighted by Gasteiger charge is -2.26. The summed E-state index contributed by atoms with van der Waals surface area (Å²) in [7, 11) is 0. The van der Waals surface area contributed by atoms with Crippen LogP contribution in [0.4, 0.5) is 0 Å². The molecule has 1 aliphatic rings. The SMILES string of the molecule is Cc1noc(C)c1COc1ccccc1C(=O)OCC(=O)N[C@H]1CCCc2ccccc21. The van der Waals surface area contributed by atoms with Crippen LogP contribution in [0.3, 0.4) is 0 Å². The molecule has 3 aromatic rings. The minimum absolute atomic E-state index is 0.0585. The van der Waals surface area contributed by atoms with Crippen LogP contribution in [0.15, 0.2) is 53.1 Å². The maximum absolute atomic E-state index is 12.6. The molecule has 7 nitrogen and oxygen atoms in total. The van der Waals surface area contributed by atoms with Crippen LogP contribution in [0.1, 0.15) is 57.4 Å². The van der Waals surface area contributed by atoms with Crippen LogP contribution in [0.5, 0.6) is 5.75 Å². The quantitative estimate of drug-likeness (QED) is 0.560. The standard InChI is InChI=1S/C25H26N2O5/c1-16-21(17(2)32-27-16)14-30-23-13-6-5-11-20(23)25(29)31-15-24(28)26-22-12-7-9-18-8-3-4-10-19(18)22/h3-6,8,10-11,13,22H,7,9,12,14-15H2,1-2H3,(H,26,28)/t22-/m0/s1. The number of nitrogens with one attached hydrogen (secondary N) is 1. The molecule has 1 aliphatic carbocycles. The van der Waals surface area contributed by atoms with Crippen LogP contribution in [0.2, 0.25) is 0 Å². The number of rotatable bonds is 7. The van der Waals surface area contributed by atoms with Crippen molar-refractivity contribution in [2.45, 2.75) is 45.8 Å². The third-order valence-corrected chi connectivity index (χ3v) is 5.70. The Morgan fingerprint density at radius 3 is 2.72 bits per heavy atom. The smallest absolute Gasteiger partial charge is 0.342 e. The average molecular weight is 434 g/mol. The van der Waals surface area contributed by atoms with Crippen molar-refractivity contribution in [1.29, 1.82) is 0 Å². The van der Waals surface area contributed by atoms with Crippen LogP contribution in [-0.2, 0) is 22.6 Å². The number of nitrogens with zero attached hydrogens (tertiary/aromatic N) is 1. The number of fused-ring (bicyclic) bond motifs is 1. The molecule has 0 saturated carbocycles. The fourth-order valence-corrected chi connectivity index (χ4v) is 3.97. The molecule has 0 unspecified atom stereocenters. The second-order valence-corrected chi connectivity index (χ2v) is 7.87. The van der Waals surface area contributed by atoms with Gasteiger partial charge in [-0.15, -0.1) is 0 Å². The van der Waals surface area contributed by atoms with Gasteiger partial charge in [0, 0.05) is 0 Å². The molecule has 1 amide bonds. The third-order valence-electron chi connectivity index (χ3n) is 5.70. The molecule has 1 N–H and O–H groups in total. The molecule has 0 aliphatic heterocycles. The first-order valence-electron chi connectivity index (χ1n) is 10.7. The molecule has 1 heterocycles. The lowest BCUT2D eigenvalue weighted by molar-refractivity contribution is -0.125. The molecule has 2 aromatic carbocycles. The second kappa shape index (κ2) is 9.68. The molecule has 0 fully saturated rings. The van der Waals surface area contributed by atoms with E-state index >= 15 is 0 Å². The first-order chi connectivity index (χ1) is 15.5. The van der Waals surface area contributed by atoms with E-state index in [4.69, 9.17) is 14.0 Å². The maximum Gasteiger partial charge on any atom is 0.342 e. The second-order valence-electron chi connectivity index (χ2n) is 7.87. The molecule has 7 heteroatoms. The molecule has 166 valence electrons. The minimum Gasteiger partial charge on any atom is -0.488 e. The van der Waals surface area contributed by atoms with Gasteiger partial charge < -0.3 is 19.3 Å². The van der Waals surface area contributed by atoms with E-state index in [0.29, 0.717) is 11.5 Å². The largest absolute Gasteiger partial charge is 0.488 e. The summed E-state index contributed by atoms with van der Waals surface area (Å²) >= 11 is 0. The number of hydrogen-bond acceptors (Lipinski definition) is 6. The van der Waals surface area contributed by atoms with Crippen LogP contribution < -0.4 is 10.1 Å². The van der Waals surface area contributed by atoms with Crippen molar-refractivity contribution in [3.8, 4) is 5.75 Å². The lowest BCUT2D eigenvalue weighted by atomic mass is 9.88. The Labute approximate surface area is 186 Å². The highest BCUT2D eigenvalue weighted by Crippen LogP contribution is 2.29. The third kappa shape index (κ3) is 4.82. The van der Waals surface area contributed by atoms with Gasteiger partial charge in [-0.05, 0) is 56.4 Å². The van der Waals surface area contributed by atoms with Crippen molar-refractivity contribution in [3.05, 3.63) is 82.2 Å². The monoisotopic (exact) mass is 434 g/mol. The average Bonchev–Trinajstić information content (AvgIpc) is 3.13. The Kier molecular flexibility index (Phi) is 6.54. The molecule has 4 rings (SSSR count). The van der Waals surface area contributed by atoms with Crippen molar-refractivity contribution in [2.24, 2.45) is 0 Å². The fraction of sp³-hybridized carbons (Fsp3) is 0.320. The molecule has 1 atom stereocenters. The minimum atomic E-state index is -0.612. The Balaban J connectivity index is 1.35. The summed E-state index contributed by atoms with van der Waals surface area (Å²) < 4.78 is 16.3. The van der Waals surface area contributed by atoms with Gasteiger partial charge in [-0.25, -0.2) is 4.79 Å². The number of aromatic nitrogens is 1. The molecule has 0 radical (unpaired) electrons. The van der Waals surface area contributed by atoms with Crippen LogP contribution in [0.25, 0.3) is 0 Å². The Morgan fingerprint density at radius 1 is 1.12 bits per heavy atom. The van der Waals surface area contributed by atoms with Crippen LogP contribution in [0, 0.1) is 13.8 Å². The Bertz CT molecular complexity index is 1100. The highest BCUT2D eigenvalue weighted by molar-refractivity contribution is 5.94. The number of para-hydroxylation sites is 1. The zero-order valence-corrected chi connectivity index (χ0v) is 18.2. The number of ether oxygens (including phenoxy) is 2. The van der Waals surface area contributed by atoms with E-state index in [1.807, 2.05) is 32.0 Å². The number of benzene rings is 2. The van der Waals surface area contributed by atoms with E-state index in [0.717, 1.165) is 36.1 Å². The Hall–Kier alpha value is -3.61. The highest BCUT2D eigenvalue weighted by atomic mass is 16.5. The van der Waals surface area contributed by atoms with Crippen molar-refractivity contribution < 1.29 is 23.6 Å². The number of amides is 1. The van der Waals surface area contributed by atoms with Gasteiger partial charge in [0.2, 0.25) is 0 Å². The van der Waals surface area contributed by atoms with Crippen molar-refractivity contribution in [2.75, 3.05) is 6.61 Å². The summed E-state index contributed by atoms with van der Waals surface area (Å²) in [5.74, 6) is 0.107. The molecule has 32 heavy (non-hydrogen) atoms. The summed E-state index contributed by atoms with van der Waals surface area (Å²) in [5, 5.41) is 6.89. The van der Waals surface area contributed by atoms with Crippen LogP contribution >= 0.6 is 0 Å². The van der Waals surface area contributed by atoms with E-state index in [2.05, 4.69) is 16.5 Å². The number of carbonyl (C=O) groups excluding carboxylic acids is 2. The van der Waals surface area contributed by atoms with Crippen molar-refractivity contribution >= 4 is 11.9 Å². The van der Waals surface area contributed by atoms with E-state index in [-0.39, 0.29) is 30.7 Å². The lowest BCUT2D eigenvalue weighted by Crippen LogP contribution is -2.34. The van der Waals surface area contributed by atoms with Gasteiger partial charge in [-0.1, -0.05) is 41.6 Å². The normalized spacial score (nSPS) is 15.0. The van der Waals surface area contributed by atoms with Gasteiger partial charge in [0.1, 0.15) is 23.7 Å². The van der Waals surface area contributed by atoms with Crippen molar-refractivity contribution in [3.63, 3.8) is 0 Å². The van der Waals surface area contributed by atoms with E-state index in [9.17, 15) is 9.59 Å². The number of esters is 1. The highest BCUT2D eigenvalue weighted by Gasteiger charge is 2.22. The maximum atomic E-state index is 12.6. The Morgan fingerprint density at radius 2 is 1.91 bits per heavy atom. The first kappa shape index (κ1) is 21.6. The van der Waals surface area contributed by atoms with Gasteiger partial charge >= 0.3 is 5.97 Å². The number of carbonyl (C=O) groups is 2. The van der Waals surface area contributed by atoms with E-state index in [1.165, 1.54) is 5.56 Å². The van der Waals surface area contributed by atoms with Gasteiger partial charge in [-0.2, -0.15) is 0 Å². The zero-order chi connectivity index (χ0) is 22.5. The predicted octanol–water partition coefficient (Wildman–Crippen LogP) is 4.22. The number of hydrogen-bond donors (Lipinski definition) is 1. The van der Waals surface area contributed by atoms with Gasteiger partial charge in [-0.3, -0.25) is 4.79 Å². The molecule has 0 bridgehead atoms. The van der Waals surface area contributed by atoms with Crippen molar-refractivity contribution in [1.82, 2.24) is 10.5 Å². The fourth-order valence-electron chi connectivity index (χ4n) is 3.97. The number of aryl methyl sites for hydroxylation is 3.